The van der Waals surface area contributed by atoms with Crippen LogP contribution in [-0.4, -0.2) is 14.8 Å². The van der Waals surface area contributed by atoms with Crippen molar-refractivity contribution in [1.29, 1.82) is 0 Å². The lowest BCUT2D eigenvalue weighted by atomic mass is 10.2. The second kappa shape index (κ2) is 7.68. The summed E-state index contributed by atoms with van der Waals surface area (Å²) in [5.41, 5.74) is 1.99. The summed E-state index contributed by atoms with van der Waals surface area (Å²) in [7, 11) is 0. The van der Waals surface area contributed by atoms with Crippen molar-refractivity contribution in [2.45, 2.75) is 37.7 Å². The summed E-state index contributed by atoms with van der Waals surface area (Å²) in [5, 5.41) is 12.1. The number of thioether (sulfide) groups is 1. The van der Waals surface area contributed by atoms with Crippen LogP contribution in [0.25, 0.3) is 11.4 Å². The summed E-state index contributed by atoms with van der Waals surface area (Å²) in [6.07, 6.45) is 0.999. The zero-order valence-electron chi connectivity index (χ0n) is 13.4. The Morgan fingerprint density at radius 3 is 2.79 bits per heavy atom. The number of aromatic nitrogens is 3. The third kappa shape index (κ3) is 3.82. The van der Waals surface area contributed by atoms with Crippen molar-refractivity contribution in [3.8, 4) is 11.4 Å². The molecule has 0 amide bonds. The molecule has 3 aromatic rings. The van der Waals surface area contributed by atoms with E-state index in [2.05, 4.69) is 40.1 Å². The molecule has 0 spiro atoms. The fourth-order valence-electron chi connectivity index (χ4n) is 2.38. The number of benzene rings is 1. The zero-order chi connectivity index (χ0) is 17.1. The first-order chi connectivity index (χ1) is 11.6. The first kappa shape index (κ1) is 17.5. The Hall–Kier alpha value is -1.37. The van der Waals surface area contributed by atoms with E-state index in [9.17, 15) is 4.39 Å². The van der Waals surface area contributed by atoms with Crippen LogP contribution in [0, 0.1) is 12.7 Å². The quantitative estimate of drug-likeness (QED) is 0.505. The van der Waals surface area contributed by atoms with Gasteiger partial charge in [0.15, 0.2) is 11.0 Å². The maximum atomic E-state index is 13.2. The molecule has 0 aliphatic rings. The van der Waals surface area contributed by atoms with Gasteiger partial charge in [-0.05, 0) is 37.1 Å². The lowest BCUT2D eigenvalue weighted by Crippen LogP contribution is -2.01. The normalized spacial score (nSPS) is 11.2. The van der Waals surface area contributed by atoms with Crippen LogP contribution in [-0.2, 0) is 12.3 Å². The fraction of sp³-hybridized carbons (Fsp3) is 0.294. The van der Waals surface area contributed by atoms with Gasteiger partial charge in [0.1, 0.15) is 5.82 Å². The molecule has 0 aliphatic heterocycles. The van der Waals surface area contributed by atoms with Crippen LogP contribution in [0.15, 0.2) is 34.8 Å². The average Bonchev–Trinajstić information content (AvgIpc) is 3.13. The number of halogens is 2. The van der Waals surface area contributed by atoms with Crippen LogP contribution in [0.1, 0.15) is 23.8 Å². The molecular formula is C17H17ClFN3S2. The average molecular weight is 382 g/mol. The predicted octanol–water partition coefficient (Wildman–Crippen LogP) is 5.81. The zero-order valence-corrected chi connectivity index (χ0v) is 15.8. The summed E-state index contributed by atoms with van der Waals surface area (Å²) in [5.74, 6) is 1.20. The minimum atomic E-state index is -0.321. The summed E-state index contributed by atoms with van der Waals surface area (Å²) >= 11 is 9.38. The highest BCUT2D eigenvalue weighted by atomic mass is 35.5. The van der Waals surface area contributed by atoms with Crippen molar-refractivity contribution < 1.29 is 4.39 Å². The minimum Gasteiger partial charge on any atom is -0.302 e. The van der Waals surface area contributed by atoms with Gasteiger partial charge in [-0.2, -0.15) is 0 Å². The number of aryl methyl sites for hydroxylation is 1. The van der Waals surface area contributed by atoms with E-state index in [0.29, 0.717) is 10.8 Å². The first-order valence-corrected chi connectivity index (χ1v) is 9.88. The van der Waals surface area contributed by atoms with Crippen molar-refractivity contribution in [1.82, 2.24) is 14.8 Å². The Morgan fingerprint density at radius 1 is 1.29 bits per heavy atom. The number of hydrogen-bond donors (Lipinski definition) is 0. The maximum absolute atomic E-state index is 13.2. The molecule has 126 valence electrons. The highest BCUT2D eigenvalue weighted by Gasteiger charge is 2.15. The van der Waals surface area contributed by atoms with Crippen molar-refractivity contribution in [2.24, 2.45) is 0 Å². The smallest absolute Gasteiger partial charge is 0.191 e. The van der Waals surface area contributed by atoms with Gasteiger partial charge >= 0.3 is 0 Å². The molecular weight excluding hydrogens is 365 g/mol. The molecule has 3 nitrogen and oxygen atoms in total. The maximum Gasteiger partial charge on any atom is 0.191 e. The molecule has 0 saturated heterocycles. The lowest BCUT2D eigenvalue weighted by Gasteiger charge is -2.08. The monoisotopic (exact) mass is 381 g/mol. The molecule has 1 aromatic carbocycles. The van der Waals surface area contributed by atoms with Gasteiger partial charge in [0.05, 0.1) is 0 Å². The molecule has 0 atom stereocenters. The van der Waals surface area contributed by atoms with E-state index in [-0.39, 0.29) is 5.82 Å². The van der Waals surface area contributed by atoms with E-state index in [4.69, 9.17) is 11.6 Å². The van der Waals surface area contributed by atoms with Gasteiger partial charge in [0.25, 0.3) is 0 Å². The van der Waals surface area contributed by atoms with Crippen LogP contribution in [0.5, 0.6) is 0 Å². The Kier molecular flexibility index (Phi) is 5.58. The van der Waals surface area contributed by atoms with Gasteiger partial charge in [-0.25, -0.2) is 4.39 Å². The van der Waals surface area contributed by atoms with Crippen molar-refractivity contribution in [3.05, 3.63) is 50.9 Å². The number of thiophene rings is 1. The molecule has 3 rings (SSSR count). The highest BCUT2D eigenvalue weighted by molar-refractivity contribution is 7.98. The van der Waals surface area contributed by atoms with Gasteiger partial charge in [0.2, 0.25) is 0 Å². The highest BCUT2D eigenvalue weighted by Crippen LogP contribution is 2.30. The minimum absolute atomic E-state index is 0.321. The van der Waals surface area contributed by atoms with Crippen LogP contribution >= 0.6 is 34.7 Å². The largest absolute Gasteiger partial charge is 0.302 e. The SMILES string of the molecule is CCCn1c(SCc2ccc(F)cc2Cl)nnc1-c1csc(C)c1. The number of hydrogen-bond acceptors (Lipinski definition) is 4. The van der Waals surface area contributed by atoms with Gasteiger partial charge in [-0.3, -0.25) is 0 Å². The Bertz CT molecular complexity index is 844. The summed E-state index contributed by atoms with van der Waals surface area (Å²) < 4.78 is 15.3. The van der Waals surface area contributed by atoms with Gasteiger partial charge in [0, 0.05) is 33.1 Å². The topological polar surface area (TPSA) is 30.7 Å². The summed E-state index contributed by atoms with van der Waals surface area (Å²) in [6.45, 7) is 5.07. The molecule has 0 radical (unpaired) electrons. The van der Waals surface area contributed by atoms with E-state index in [0.717, 1.165) is 35.1 Å². The second-order valence-electron chi connectivity index (χ2n) is 5.43. The lowest BCUT2D eigenvalue weighted by molar-refractivity contribution is 0.625. The molecule has 0 fully saturated rings. The number of rotatable bonds is 6. The van der Waals surface area contributed by atoms with Gasteiger partial charge in [-0.1, -0.05) is 36.4 Å². The molecule has 0 bridgehead atoms. The second-order valence-corrected chi connectivity index (χ2v) is 7.89. The Morgan fingerprint density at radius 2 is 2.12 bits per heavy atom. The van der Waals surface area contributed by atoms with E-state index in [1.807, 2.05) is 0 Å². The van der Waals surface area contributed by atoms with E-state index in [1.54, 1.807) is 29.2 Å². The van der Waals surface area contributed by atoms with E-state index >= 15 is 0 Å². The first-order valence-electron chi connectivity index (χ1n) is 7.64. The molecule has 24 heavy (non-hydrogen) atoms. The van der Waals surface area contributed by atoms with Crippen LogP contribution in [0.3, 0.4) is 0 Å². The summed E-state index contributed by atoms with van der Waals surface area (Å²) in [6, 6.07) is 6.62. The fourth-order valence-corrected chi connectivity index (χ4v) is 4.34. The van der Waals surface area contributed by atoms with Crippen LogP contribution in [0.4, 0.5) is 4.39 Å². The van der Waals surface area contributed by atoms with Crippen LogP contribution < -0.4 is 0 Å². The van der Waals surface area contributed by atoms with Gasteiger partial charge < -0.3 is 4.57 Å². The Labute approximate surface area is 153 Å². The van der Waals surface area contributed by atoms with Crippen molar-refractivity contribution in [3.63, 3.8) is 0 Å². The molecule has 0 N–H and O–H groups in total. The standard InChI is InChI=1S/C17H17ClFN3S2/c1-3-6-22-16(13-7-11(2)23-10-13)20-21-17(22)24-9-12-4-5-14(19)8-15(12)18/h4-5,7-8,10H,3,6,9H2,1-2H3. The van der Waals surface area contributed by atoms with Crippen molar-refractivity contribution >= 4 is 34.7 Å². The molecule has 0 unspecified atom stereocenters. The van der Waals surface area contributed by atoms with Crippen molar-refractivity contribution in [2.75, 3.05) is 0 Å². The summed E-state index contributed by atoms with van der Waals surface area (Å²) in [4.78, 5) is 1.25. The van der Waals surface area contributed by atoms with Gasteiger partial charge in [-0.15, -0.1) is 21.5 Å². The van der Waals surface area contributed by atoms with E-state index in [1.165, 1.54) is 17.0 Å². The van der Waals surface area contributed by atoms with E-state index < -0.39 is 0 Å². The molecule has 2 aromatic heterocycles. The predicted molar refractivity (Wildman–Crippen MR) is 99.3 cm³/mol. The molecule has 2 heterocycles. The number of nitrogens with zero attached hydrogens (tertiary/aromatic N) is 3. The third-order valence-corrected chi connectivity index (χ3v) is 5.75. The molecule has 0 saturated carbocycles. The molecule has 7 heteroatoms. The molecule has 0 aliphatic carbocycles. The Balaban J connectivity index is 1.84. The van der Waals surface area contributed by atoms with Crippen LogP contribution in [0.2, 0.25) is 5.02 Å². The third-order valence-electron chi connectivity index (χ3n) is 3.52.